The Kier molecular flexibility index (Phi) is 7.94. The van der Waals surface area contributed by atoms with Gasteiger partial charge in [0.05, 0.1) is 18.8 Å². The molecule has 0 aromatic heterocycles. The fraction of sp³-hybridized carbons (Fsp3) is 0.182. The van der Waals surface area contributed by atoms with Gasteiger partial charge in [-0.2, -0.15) is 0 Å². The van der Waals surface area contributed by atoms with E-state index in [1.807, 2.05) is 0 Å². The van der Waals surface area contributed by atoms with Gasteiger partial charge in [0.1, 0.15) is 0 Å². The summed E-state index contributed by atoms with van der Waals surface area (Å²) in [5, 5.41) is 24.4. The van der Waals surface area contributed by atoms with Gasteiger partial charge in [-0.25, -0.2) is 4.79 Å². The predicted molar refractivity (Wildman–Crippen MR) is 56.7 cm³/mol. The highest BCUT2D eigenvalue weighted by molar-refractivity contribution is 5.87. The number of carbonyl (C=O) groups is 1. The van der Waals surface area contributed by atoms with Crippen molar-refractivity contribution < 1.29 is 20.1 Å². The molecule has 4 nitrogen and oxygen atoms in total. The average molecular weight is 210 g/mol. The molecule has 0 amide bonds. The molecule has 0 aliphatic carbocycles. The Morgan fingerprint density at radius 1 is 1.07 bits per heavy atom. The number of aromatic carboxylic acids is 1. The van der Waals surface area contributed by atoms with Crippen LogP contribution in [0.5, 0.6) is 0 Å². The minimum atomic E-state index is -0.879. The first-order valence-electron chi connectivity index (χ1n) is 4.37. The summed E-state index contributed by atoms with van der Waals surface area (Å²) in [5.74, 6) is -0.879. The number of aliphatic hydroxyl groups excluding tert-OH is 2. The smallest absolute Gasteiger partial charge is 0.335 e. The third-order valence-corrected chi connectivity index (χ3v) is 1.40. The average Bonchev–Trinajstić information content (AvgIpc) is 2.28. The zero-order valence-electron chi connectivity index (χ0n) is 8.21. The monoisotopic (exact) mass is 210 g/mol. The van der Waals surface area contributed by atoms with Crippen molar-refractivity contribution >= 4 is 5.97 Å². The van der Waals surface area contributed by atoms with E-state index < -0.39 is 5.97 Å². The topological polar surface area (TPSA) is 77.8 Å². The summed E-state index contributed by atoms with van der Waals surface area (Å²) in [6.07, 6.45) is 2.97. The maximum atomic E-state index is 10.2. The highest BCUT2D eigenvalue weighted by Gasteiger charge is 1.96. The molecule has 1 rings (SSSR count). The van der Waals surface area contributed by atoms with Gasteiger partial charge in [0.15, 0.2) is 0 Å². The van der Waals surface area contributed by atoms with Gasteiger partial charge in [-0.1, -0.05) is 30.4 Å². The van der Waals surface area contributed by atoms with E-state index in [2.05, 4.69) is 0 Å². The number of hydrogen-bond donors (Lipinski definition) is 3. The van der Waals surface area contributed by atoms with E-state index in [1.54, 1.807) is 30.3 Å². The molecule has 0 fully saturated rings. The second kappa shape index (κ2) is 8.93. The number of hydrogen-bond acceptors (Lipinski definition) is 3. The van der Waals surface area contributed by atoms with Crippen LogP contribution in [0.25, 0.3) is 0 Å². The van der Waals surface area contributed by atoms with Crippen molar-refractivity contribution in [1.82, 2.24) is 0 Å². The van der Waals surface area contributed by atoms with E-state index in [0.29, 0.717) is 5.56 Å². The molecule has 0 unspecified atom stereocenters. The van der Waals surface area contributed by atoms with Crippen LogP contribution in [0.2, 0.25) is 0 Å². The molecule has 82 valence electrons. The third-order valence-electron chi connectivity index (χ3n) is 1.40. The fourth-order valence-corrected chi connectivity index (χ4v) is 0.730. The second-order valence-electron chi connectivity index (χ2n) is 2.51. The molecule has 0 spiro atoms. The Morgan fingerprint density at radius 3 is 1.80 bits per heavy atom. The Balaban J connectivity index is 0.000000288. The molecule has 0 radical (unpaired) electrons. The van der Waals surface area contributed by atoms with Crippen LogP contribution in [0.4, 0.5) is 0 Å². The Bertz CT molecular complexity index is 287. The van der Waals surface area contributed by atoms with Gasteiger partial charge in [0.2, 0.25) is 0 Å². The summed E-state index contributed by atoms with van der Waals surface area (Å²) in [6, 6.07) is 8.30. The molecule has 15 heavy (non-hydrogen) atoms. The first-order chi connectivity index (χ1) is 7.22. The normalized spacial score (nSPS) is 9.47. The van der Waals surface area contributed by atoms with Crippen molar-refractivity contribution in [3.8, 4) is 0 Å². The lowest BCUT2D eigenvalue weighted by Gasteiger charge is -1.88. The first-order valence-corrected chi connectivity index (χ1v) is 4.37. The van der Waals surface area contributed by atoms with Gasteiger partial charge in [-0.05, 0) is 12.1 Å². The zero-order valence-corrected chi connectivity index (χ0v) is 8.21. The van der Waals surface area contributed by atoms with Crippen molar-refractivity contribution in [3.63, 3.8) is 0 Å². The van der Waals surface area contributed by atoms with Crippen LogP contribution in [0, 0.1) is 0 Å². The van der Waals surface area contributed by atoms with Crippen molar-refractivity contribution in [2.75, 3.05) is 13.2 Å². The van der Waals surface area contributed by atoms with Crippen LogP contribution in [-0.2, 0) is 0 Å². The zero-order chi connectivity index (χ0) is 11.5. The van der Waals surface area contributed by atoms with E-state index in [-0.39, 0.29) is 13.2 Å². The van der Waals surface area contributed by atoms with E-state index in [4.69, 9.17) is 15.3 Å². The minimum absolute atomic E-state index is 0.0144. The molecule has 0 aliphatic rings. The third kappa shape index (κ3) is 7.42. The summed E-state index contributed by atoms with van der Waals surface area (Å²) in [4.78, 5) is 10.2. The fourth-order valence-electron chi connectivity index (χ4n) is 0.730. The molecule has 0 saturated heterocycles. The van der Waals surface area contributed by atoms with Crippen molar-refractivity contribution in [2.24, 2.45) is 0 Å². The summed E-state index contributed by atoms with van der Waals surface area (Å²) in [7, 11) is 0. The van der Waals surface area contributed by atoms with Crippen molar-refractivity contribution in [1.29, 1.82) is 0 Å². The maximum Gasteiger partial charge on any atom is 0.335 e. The largest absolute Gasteiger partial charge is 0.478 e. The van der Waals surface area contributed by atoms with E-state index in [1.165, 1.54) is 12.2 Å². The highest BCUT2D eigenvalue weighted by Crippen LogP contribution is 1.96. The number of carboxylic acid groups (broad SMARTS) is 1. The number of rotatable bonds is 3. The van der Waals surface area contributed by atoms with Gasteiger partial charge in [0.25, 0.3) is 0 Å². The minimum Gasteiger partial charge on any atom is -0.478 e. The Hall–Kier alpha value is -1.65. The highest BCUT2D eigenvalue weighted by atomic mass is 16.4. The SMILES string of the molecule is O=C(O)c1ccccc1.OC/C=C/CO. The van der Waals surface area contributed by atoms with Gasteiger partial charge in [-0.3, -0.25) is 0 Å². The van der Waals surface area contributed by atoms with Gasteiger partial charge in [0, 0.05) is 0 Å². The quantitative estimate of drug-likeness (QED) is 0.648. The van der Waals surface area contributed by atoms with Crippen molar-refractivity contribution in [3.05, 3.63) is 48.0 Å². The molecule has 0 bridgehead atoms. The summed E-state index contributed by atoms with van der Waals surface area (Å²) in [5.41, 5.74) is 0.331. The molecule has 1 aromatic rings. The lowest BCUT2D eigenvalue weighted by Crippen LogP contribution is -1.93. The lowest BCUT2D eigenvalue weighted by atomic mass is 10.2. The van der Waals surface area contributed by atoms with Crippen LogP contribution < -0.4 is 0 Å². The maximum absolute atomic E-state index is 10.2. The standard InChI is InChI=1S/C7H6O2.C4H8O2/c8-7(9)6-4-2-1-3-5-6;5-3-1-2-4-6/h1-5H,(H,8,9);1-2,5-6H,3-4H2/b;2-1+. The molecule has 0 aliphatic heterocycles. The van der Waals surface area contributed by atoms with Crippen LogP contribution in [0.15, 0.2) is 42.5 Å². The van der Waals surface area contributed by atoms with Crippen LogP contribution >= 0.6 is 0 Å². The molecular formula is C11H14O4. The van der Waals surface area contributed by atoms with Gasteiger partial charge >= 0.3 is 5.97 Å². The number of benzene rings is 1. The summed E-state index contributed by atoms with van der Waals surface area (Å²) >= 11 is 0. The van der Waals surface area contributed by atoms with E-state index in [0.717, 1.165) is 0 Å². The molecule has 4 heteroatoms. The van der Waals surface area contributed by atoms with Gasteiger partial charge < -0.3 is 15.3 Å². The molecule has 0 atom stereocenters. The Labute approximate surface area is 88.1 Å². The van der Waals surface area contributed by atoms with E-state index >= 15 is 0 Å². The van der Waals surface area contributed by atoms with Gasteiger partial charge in [-0.15, -0.1) is 0 Å². The molecule has 1 aromatic carbocycles. The molecular weight excluding hydrogens is 196 g/mol. The van der Waals surface area contributed by atoms with E-state index in [9.17, 15) is 4.79 Å². The van der Waals surface area contributed by atoms with Crippen molar-refractivity contribution in [2.45, 2.75) is 0 Å². The molecule has 0 heterocycles. The van der Waals surface area contributed by atoms with Crippen LogP contribution in [0.1, 0.15) is 10.4 Å². The first kappa shape index (κ1) is 13.4. The predicted octanol–water partition coefficient (Wildman–Crippen LogP) is 0.912. The molecule has 0 saturated carbocycles. The number of carboxylic acids is 1. The number of aliphatic hydroxyl groups is 2. The molecule has 3 N–H and O–H groups in total. The summed E-state index contributed by atoms with van der Waals surface area (Å²) in [6.45, 7) is 0.0289. The summed E-state index contributed by atoms with van der Waals surface area (Å²) < 4.78 is 0. The second-order valence-corrected chi connectivity index (χ2v) is 2.51. The van der Waals surface area contributed by atoms with Crippen LogP contribution in [-0.4, -0.2) is 34.5 Å². The lowest BCUT2D eigenvalue weighted by molar-refractivity contribution is 0.0697. The Morgan fingerprint density at radius 2 is 1.53 bits per heavy atom. The van der Waals surface area contributed by atoms with Crippen LogP contribution in [0.3, 0.4) is 0 Å².